The molecule has 0 saturated carbocycles. The molecule has 0 unspecified atom stereocenters. The summed E-state index contributed by atoms with van der Waals surface area (Å²) in [6, 6.07) is 3.15. The molecule has 12 heteroatoms. The highest BCUT2D eigenvalue weighted by molar-refractivity contribution is 7.88. The molecule has 0 atom stereocenters. The van der Waals surface area contributed by atoms with Crippen molar-refractivity contribution in [3.05, 3.63) is 78.6 Å². The van der Waals surface area contributed by atoms with E-state index in [2.05, 4.69) is 19.5 Å². The van der Waals surface area contributed by atoms with Gasteiger partial charge < -0.3 is 9.07 Å². The molecule has 8 nitrogen and oxygen atoms in total. The van der Waals surface area contributed by atoms with Crippen molar-refractivity contribution >= 4 is 16.2 Å². The molecule has 1 heterocycles. The van der Waals surface area contributed by atoms with Crippen molar-refractivity contribution < 1.29 is 35.6 Å². The van der Waals surface area contributed by atoms with E-state index >= 15 is 0 Å². The summed E-state index contributed by atoms with van der Waals surface area (Å²) in [6.45, 7) is 0. The Balaban J connectivity index is 2.29. The normalized spacial score (nSPS) is 20.8. The quantitative estimate of drug-likeness (QED) is 0.427. The average molecular weight is 429 g/mol. The molecule has 1 aromatic rings. The molecule has 0 saturated heterocycles. The summed E-state index contributed by atoms with van der Waals surface area (Å²) in [5, 5.41) is 7.00. The third kappa shape index (κ3) is 7.27. The maximum absolute atomic E-state index is 12.5. The van der Waals surface area contributed by atoms with Crippen LogP contribution in [0.15, 0.2) is 83.3 Å². The van der Waals surface area contributed by atoms with Gasteiger partial charge in [-0.2, -0.15) is 21.6 Å². The summed E-state index contributed by atoms with van der Waals surface area (Å²) < 4.78 is 63.9. The van der Waals surface area contributed by atoms with Crippen LogP contribution in [0.2, 0.25) is 0 Å². The second-order valence-electron chi connectivity index (χ2n) is 5.01. The van der Waals surface area contributed by atoms with Crippen LogP contribution in [0.25, 0.3) is 6.08 Å². The molecule has 0 spiro atoms. The van der Waals surface area contributed by atoms with Gasteiger partial charge in [0.05, 0.1) is 6.20 Å². The van der Waals surface area contributed by atoms with Gasteiger partial charge in [0.1, 0.15) is 5.75 Å². The molecule has 0 fully saturated rings. The van der Waals surface area contributed by atoms with Gasteiger partial charge in [-0.25, -0.2) is 0 Å². The van der Waals surface area contributed by atoms with Gasteiger partial charge in [-0.15, -0.1) is 10.7 Å². The van der Waals surface area contributed by atoms with Gasteiger partial charge in [0.2, 0.25) is 0 Å². The topological polar surface area (TPSA) is 98.6 Å². The fourth-order valence-corrected chi connectivity index (χ4v) is 2.18. The lowest BCUT2D eigenvalue weighted by atomic mass is 10.1. The van der Waals surface area contributed by atoms with Crippen molar-refractivity contribution in [2.75, 3.05) is 0 Å². The summed E-state index contributed by atoms with van der Waals surface area (Å²) in [7, 11) is -5.81. The van der Waals surface area contributed by atoms with Crippen LogP contribution in [0.1, 0.15) is 5.56 Å². The van der Waals surface area contributed by atoms with E-state index in [0.29, 0.717) is 0 Å². The minimum atomic E-state index is -5.81. The molecule has 1 aromatic carbocycles. The maximum atomic E-state index is 12.5. The molecular weight excluding hydrogens is 415 g/mol. The number of nitrogens with one attached hydrogen (secondary N) is 1. The van der Waals surface area contributed by atoms with Crippen LogP contribution in [-0.4, -0.2) is 13.9 Å². The lowest BCUT2D eigenvalue weighted by Crippen LogP contribution is -2.28. The van der Waals surface area contributed by atoms with E-state index in [9.17, 15) is 21.6 Å². The Bertz CT molecular complexity index is 981. The van der Waals surface area contributed by atoms with E-state index in [4.69, 9.17) is 4.89 Å². The highest BCUT2D eigenvalue weighted by Gasteiger charge is 2.48. The molecule has 0 aromatic heterocycles. The standard InChI is InChI=1S/C17H14F3N3O5S/c18-17(19,20)29(24,25)27-15-10-11-16-14(13-15)9-7-5-3-1-2-4-6-8-12-21-22-23-28-26-16/h1-13H,(H,21,23)/b2-1-,5-3-,6-4-,9-7-,12-8-. The second-order valence-corrected chi connectivity index (χ2v) is 6.55. The first-order valence-electron chi connectivity index (χ1n) is 7.76. The summed E-state index contributed by atoms with van der Waals surface area (Å²) in [4.78, 5) is 9.56. The Kier molecular flexibility index (Phi) is 7.74. The van der Waals surface area contributed by atoms with Crippen molar-refractivity contribution in [2.24, 2.45) is 10.3 Å². The number of allylic oxidation sites excluding steroid dienone is 8. The average Bonchev–Trinajstić information content (AvgIpc) is 2.64. The summed E-state index contributed by atoms with van der Waals surface area (Å²) in [5.74, 6) is -0.529. The second kappa shape index (κ2) is 10.2. The molecule has 29 heavy (non-hydrogen) atoms. The van der Waals surface area contributed by atoms with E-state index in [1.807, 2.05) is 5.59 Å². The van der Waals surface area contributed by atoms with Crippen LogP contribution >= 0.6 is 0 Å². The van der Waals surface area contributed by atoms with Gasteiger partial charge in [0.15, 0.2) is 5.75 Å². The number of hydrogen-bond donors (Lipinski definition) is 1. The number of fused-ring (bicyclic) bond motifs is 1. The van der Waals surface area contributed by atoms with Gasteiger partial charge in [0, 0.05) is 5.56 Å². The molecule has 1 N–H and O–H groups in total. The smallest absolute Gasteiger partial charge is 0.376 e. The SMILES string of the molecule is O=S(=O)(Oc1ccc2c(c1)\C=C/C=C\C=C/C=C\C=C/N=NNOO2)C(F)(F)F. The zero-order valence-corrected chi connectivity index (χ0v) is 15.3. The zero-order valence-electron chi connectivity index (χ0n) is 14.5. The van der Waals surface area contributed by atoms with Crippen LogP contribution in [0, 0.1) is 0 Å². The number of rotatable bonds is 2. The Morgan fingerprint density at radius 2 is 1.62 bits per heavy atom. The molecule has 1 aliphatic rings. The van der Waals surface area contributed by atoms with E-state index in [1.165, 1.54) is 12.3 Å². The molecule has 2 rings (SSSR count). The Morgan fingerprint density at radius 1 is 0.966 bits per heavy atom. The zero-order chi connectivity index (χ0) is 21.2. The van der Waals surface area contributed by atoms with Crippen molar-refractivity contribution in [1.29, 1.82) is 0 Å². The van der Waals surface area contributed by atoms with Crippen LogP contribution in [0.5, 0.6) is 11.5 Å². The number of hydrogen-bond acceptors (Lipinski definition) is 8. The fraction of sp³-hybridized carbons (Fsp3) is 0.0588. The lowest BCUT2D eigenvalue weighted by molar-refractivity contribution is -0.259. The molecule has 0 bridgehead atoms. The molecule has 0 amide bonds. The number of nitrogens with zero attached hydrogens (tertiary/aromatic N) is 2. The van der Waals surface area contributed by atoms with Crippen molar-refractivity contribution in [3.8, 4) is 11.5 Å². The van der Waals surface area contributed by atoms with E-state index < -0.39 is 21.4 Å². The fourth-order valence-electron chi connectivity index (χ4n) is 1.73. The Hall–Kier alpha value is -3.38. The minimum Gasteiger partial charge on any atom is -0.376 e. The first-order chi connectivity index (χ1) is 13.8. The Morgan fingerprint density at radius 3 is 2.31 bits per heavy atom. The summed E-state index contributed by atoms with van der Waals surface area (Å²) in [6.07, 6.45) is 16.2. The molecule has 0 radical (unpaired) electrons. The van der Waals surface area contributed by atoms with Gasteiger partial charge in [-0.05, 0) is 34.5 Å². The van der Waals surface area contributed by atoms with Gasteiger partial charge in [-0.1, -0.05) is 48.6 Å². The Labute approximate surface area is 164 Å². The molecule has 0 aliphatic carbocycles. The monoisotopic (exact) mass is 429 g/mol. The van der Waals surface area contributed by atoms with Crippen LogP contribution in [-0.2, 0) is 15.1 Å². The van der Waals surface area contributed by atoms with Crippen LogP contribution in [0.3, 0.4) is 0 Å². The molecular formula is C17H14F3N3O5S. The van der Waals surface area contributed by atoms with E-state index in [0.717, 1.165) is 18.2 Å². The number of halogens is 3. The highest BCUT2D eigenvalue weighted by atomic mass is 32.2. The van der Waals surface area contributed by atoms with E-state index in [1.54, 1.807) is 48.6 Å². The first kappa shape index (κ1) is 21.9. The summed E-state index contributed by atoms with van der Waals surface area (Å²) >= 11 is 0. The molecule has 1 aliphatic heterocycles. The van der Waals surface area contributed by atoms with Gasteiger partial charge in [0.25, 0.3) is 0 Å². The third-order valence-corrected chi connectivity index (χ3v) is 3.92. The number of benzene rings is 1. The van der Waals surface area contributed by atoms with Crippen LogP contribution in [0.4, 0.5) is 13.2 Å². The lowest BCUT2D eigenvalue weighted by Gasteiger charge is -2.11. The molecule has 154 valence electrons. The predicted molar refractivity (Wildman–Crippen MR) is 97.3 cm³/mol. The van der Waals surface area contributed by atoms with Gasteiger partial charge >= 0.3 is 15.6 Å². The largest absolute Gasteiger partial charge is 0.534 e. The number of alkyl halides is 3. The van der Waals surface area contributed by atoms with Crippen molar-refractivity contribution in [1.82, 2.24) is 5.59 Å². The highest BCUT2D eigenvalue weighted by Crippen LogP contribution is 2.30. The van der Waals surface area contributed by atoms with Gasteiger partial charge in [-0.3, -0.25) is 0 Å². The minimum absolute atomic E-state index is 0.0335. The third-order valence-electron chi connectivity index (χ3n) is 2.94. The van der Waals surface area contributed by atoms with Crippen LogP contribution < -0.4 is 14.7 Å². The predicted octanol–water partition coefficient (Wildman–Crippen LogP) is 4.31. The van der Waals surface area contributed by atoms with Crippen molar-refractivity contribution in [3.63, 3.8) is 0 Å². The van der Waals surface area contributed by atoms with Crippen molar-refractivity contribution in [2.45, 2.75) is 5.51 Å². The summed E-state index contributed by atoms with van der Waals surface area (Å²) in [5.41, 5.74) is -3.37. The first-order valence-corrected chi connectivity index (χ1v) is 9.17. The maximum Gasteiger partial charge on any atom is 0.534 e. The van der Waals surface area contributed by atoms with E-state index in [-0.39, 0.29) is 11.3 Å².